The molecule has 0 aliphatic heterocycles. The van der Waals surface area contributed by atoms with E-state index >= 15 is 0 Å². The van der Waals surface area contributed by atoms with Gasteiger partial charge in [0.25, 0.3) is 11.7 Å². The number of carbonyl (C=O) groups excluding carboxylic acids is 1. The van der Waals surface area contributed by atoms with E-state index in [2.05, 4.69) is 20.6 Å². The lowest BCUT2D eigenvalue weighted by Gasteiger charge is -2.23. The van der Waals surface area contributed by atoms with Crippen molar-refractivity contribution in [3.8, 4) is 0 Å². The van der Waals surface area contributed by atoms with Gasteiger partial charge in [-0.3, -0.25) is 15.1 Å². The van der Waals surface area contributed by atoms with Crippen molar-refractivity contribution in [1.29, 1.82) is 0 Å². The maximum Gasteiger partial charge on any atom is 0.273 e. The molecular weight excluding hydrogens is 336 g/mol. The van der Waals surface area contributed by atoms with Crippen LogP contribution in [-0.2, 0) is 6.54 Å². The molecule has 2 heterocycles. The standard InChI is InChI=1S/C22H24N4O/c27-22(25-17-8-2-1-3-9-17)19-13-21(24-15-16-7-6-12-23-14-16)26-20-11-5-4-10-18(19)20/h4-7,10-14,17H,1-3,8-9,15H2,(H,24,26)(H,25,27)/p+1. The molecule has 1 aliphatic rings. The molecule has 1 aromatic carbocycles. The number of amides is 1. The zero-order valence-electron chi connectivity index (χ0n) is 15.4. The number of nitrogens with one attached hydrogen (secondary N) is 3. The molecule has 5 heteroatoms. The fourth-order valence-corrected chi connectivity index (χ4v) is 3.72. The lowest BCUT2D eigenvalue weighted by molar-refractivity contribution is -0.327. The van der Waals surface area contributed by atoms with Crippen LogP contribution in [0.4, 0.5) is 5.82 Å². The number of hydrogen-bond acceptors (Lipinski definition) is 3. The number of aromatic amines is 1. The highest BCUT2D eigenvalue weighted by Crippen LogP contribution is 2.21. The molecule has 0 spiro atoms. The van der Waals surface area contributed by atoms with Crippen LogP contribution in [0.1, 0.15) is 48.0 Å². The van der Waals surface area contributed by atoms with Crippen molar-refractivity contribution < 1.29 is 9.78 Å². The van der Waals surface area contributed by atoms with Crippen molar-refractivity contribution in [2.75, 3.05) is 5.32 Å². The van der Waals surface area contributed by atoms with E-state index in [1.54, 1.807) is 6.20 Å². The number of nitrogens with zero attached hydrogens (tertiary/aromatic N) is 1. The van der Waals surface area contributed by atoms with Gasteiger partial charge in [-0.05, 0) is 31.0 Å². The van der Waals surface area contributed by atoms with Crippen molar-refractivity contribution in [3.05, 3.63) is 66.0 Å². The van der Waals surface area contributed by atoms with Crippen molar-refractivity contribution in [1.82, 2.24) is 10.3 Å². The SMILES string of the molecule is O=C(NC1CCCCC1)c1cc(NCc2cccnc2)[nH+]c2ccccc12. The number of para-hydroxylation sites is 1. The quantitative estimate of drug-likeness (QED) is 0.728. The molecular formula is C22H25N4O+. The second-order valence-electron chi connectivity index (χ2n) is 7.17. The summed E-state index contributed by atoms with van der Waals surface area (Å²) in [5.74, 6) is 0.836. The fourth-order valence-electron chi connectivity index (χ4n) is 3.72. The zero-order valence-corrected chi connectivity index (χ0v) is 15.4. The van der Waals surface area contributed by atoms with Gasteiger partial charge in [0, 0.05) is 35.5 Å². The first-order valence-electron chi connectivity index (χ1n) is 9.68. The molecule has 1 aliphatic carbocycles. The van der Waals surface area contributed by atoms with Crippen LogP contribution in [0.2, 0.25) is 0 Å². The summed E-state index contributed by atoms with van der Waals surface area (Å²) in [4.78, 5) is 20.5. The molecule has 0 unspecified atom stereocenters. The summed E-state index contributed by atoms with van der Waals surface area (Å²) >= 11 is 0. The Morgan fingerprint density at radius 3 is 2.78 bits per heavy atom. The minimum atomic E-state index is 0.0107. The first kappa shape index (κ1) is 17.5. The molecule has 0 bridgehead atoms. The Balaban J connectivity index is 1.58. The average Bonchev–Trinajstić information content (AvgIpc) is 2.73. The largest absolute Gasteiger partial charge is 0.349 e. The van der Waals surface area contributed by atoms with E-state index in [1.807, 2.05) is 48.7 Å². The van der Waals surface area contributed by atoms with Crippen LogP contribution in [0.3, 0.4) is 0 Å². The van der Waals surface area contributed by atoms with E-state index < -0.39 is 0 Å². The molecule has 3 N–H and O–H groups in total. The third kappa shape index (κ3) is 4.25. The number of H-pyrrole nitrogens is 1. The van der Waals surface area contributed by atoms with Crippen molar-refractivity contribution >= 4 is 22.6 Å². The van der Waals surface area contributed by atoms with E-state index in [4.69, 9.17) is 0 Å². The number of fused-ring (bicyclic) bond motifs is 1. The Kier molecular flexibility index (Phi) is 5.28. The van der Waals surface area contributed by atoms with Crippen LogP contribution in [-0.4, -0.2) is 16.9 Å². The Labute approximate surface area is 159 Å². The average molecular weight is 361 g/mol. The third-order valence-corrected chi connectivity index (χ3v) is 5.17. The van der Waals surface area contributed by atoms with Gasteiger partial charge in [0.05, 0.1) is 5.56 Å². The minimum absolute atomic E-state index is 0.0107. The van der Waals surface area contributed by atoms with Crippen molar-refractivity contribution in [2.45, 2.75) is 44.7 Å². The van der Waals surface area contributed by atoms with Crippen molar-refractivity contribution in [3.63, 3.8) is 0 Å². The predicted molar refractivity (Wildman–Crippen MR) is 106 cm³/mol. The molecule has 138 valence electrons. The minimum Gasteiger partial charge on any atom is -0.349 e. The highest BCUT2D eigenvalue weighted by molar-refractivity contribution is 6.06. The van der Waals surface area contributed by atoms with E-state index in [9.17, 15) is 4.79 Å². The van der Waals surface area contributed by atoms with E-state index in [0.29, 0.717) is 18.2 Å². The Bertz CT molecular complexity index is 920. The normalized spacial score (nSPS) is 14.8. The van der Waals surface area contributed by atoms with Crippen molar-refractivity contribution in [2.24, 2.45) is 0 Å². The molecule has 4 rings (SSSR count). The van der Waals surface area contributed by atoms with E-state index in [1.165, 1.54) is 19.3 Å². The van der Waals surface area contributed by atoms with Crippen LogP contribution >= 0.6 is 0 Å². The van der Waals surface area contributed by atoms with Gasteiger partial charge in [-0.1, -0.05) is 37.5 Å². The predicted octanol–water partition coefficient (Wildman–Crippen LogP) is 3.72. The molecule has 5 nitrogen and oxygen atoms in total. The Morgan fingerprint density at radius 2 is 1.96 bits per heavy atom. The molecule has 1 fully saturated rings. The summed E-state index contributed by atoms with van der Waals surface area (Å²) in [6, 6.07) is 14.1. The summed E-state index contributed by atoms with van der Waals surface area (Å²) in [7, 11) is 0. The van der Waals surface area contributed by atoms with Crippen LogP contribution in [0.5, 0.6) is 0 Å². The number of benzene rings is 1. The molecule has 1 saturated carbocycles. The van der Waals surface area contributed by atoms with Crippen LogP contribution < -0.4 is 15.6 Å². The number of aromatic nitrogens is 2. The highest BCUT2D eigenvalue weighted by atomic mass is 16.1. The maximum atomic E-state index is 13.0. The number of rotatable bonds is 5. The highest BCUT2D eigenvalue weighted by Gasteiger charge is 2.20. The Hall–Kier alpha value is -2.95. The zero-order chi connectivity index (χ0) is 18.5. The van der Waals surface area contributed by atoms with Gasteiger partial charge < -0.3 is 5.32 Å². The number of anilines is 1. The van der Waals surface area contributed by atoms with Crippen LogP contribution in [0.15, 0.2) is 54.9 Å². The number of carbonyl (C=O) groups is 1. The summed E-state index contributed by atoms with van der Waals surface area (Å²) in [5.41, 5.74) is 2.75. The first-order chi connectivity index (χ1) is 13.3. The summed E-state index contributed by atoms with van der Waals surface area (Å²) in [5, 5.41) is 7.56. The molecule has 0 radical (unpaired) electrons. The molecule has 1 amide bonds. The summed E-state index contributed by atoms with van der Waals surface area (Å²) in [6.45, 7) is 0.645. The van der Waals surface area contributed by atoms with E-state index in [0.717, 1.165) is 35.1 Å². The van der Waals surface area contributed by atoms with Gasteiger partial charge >= 0.3 is 0 Å². The van der Waals surface area contributed by atoms with E-state index in [-0.39, 0.29) is 5.91 Å². The third-order valence-electron chi connectivity index (χ3n) is 5.17. The first-order valence-corrected chi connectivity index (χ1v) is 9.68. The number of hydrogen-bond donors (Lipinski definition) is 2. The maximum absolute atomic E-state index is 13.0. The molecule has 0 atom stereocenters. The lowest BCUT2D eigenvalue weighted by Crippen LogP contribution is -2.36. The van der Waals surface area contributed by atoms with Gasteiger partial charge in [0.15, 0.2) is 0 Å². The van der Waals surface area contributed by atoms with Crippen LogP contribution in [0, 0.1) is 0 Å². The van der Waals surface area contributed by atoms with Gasteiger partial charge in [0.1, 0.15) is 12.1 Å². The van der Waals surface area contributed by atoms with Gasteiger partial charge in [0.2, 0.25) is 0 Å². The monoisotopic (exact) mass is 361 g/mol. The van der Waals surface area contributed by atoms with Gasteiger partial charge in [-0.25, -0.2) is 4.98 Å². The fraction of sp³-hybridized carbons (Fsp3) is 0.318. The summed E-state index contributed by atoms with van der Waals surface area (Å²) in [6.07, 6.45) is 9.43. The molecule has 2 aromatic heterocycles. The Morgan fingerprint density at radius 1 is 1.11 bits per heavy atom. The molecule has 27 heavy (non-hydrogen) atoms. The topological polar surface area (TPSA) is 68.2 Å². The summed E-state index contributed by atoms with van der Waals surface area (Å²) < 4.78 is 0. The van der Waals surface area contributed by atoms with Crippen LogP contribution in [0.25, 0.3) is 10.9 Å². The molecule has 0 saturated heterocycles. The number of pyridine rings is 2. The lowest BCUT2D eigenvalue weighted by atomic mass is 9.95. The molecule has 3 aromatic rings. The smallest absolute Gasteiger partial charge is 0.273 e. The second-order valence-corrected chi connectivity index (χ2v) is 7.17. The van der Waals surface area contributed by atoms with Gasteiger partial charge in [-0.15, -0.1) is 0 Å². The second kappa shape index (κ2) is 8.16. The van der Waals surface area contributed by atoms with Gasteiger partial charge in [-0.2, -0.15) is 0 Å².